The Morgan fingerprint density at radius 3 is 2.52 bits per heavy atom. The minimum Gasteiger partial charge on any atom is -0.481 e. The van der Waals surface area contributed by atoms with Gasteiger partial charge in [-0.2, -0.15) is 0 Å². The maximum atomic E-state index is 13.1. The van der Waals surface area contributed by atoms with Crippen LogP contribution in [0, 0.1) is 0 Å². The summed E-state index contributed by atoms with van der Waals surface area (Å²) in [5.41, 5.74) is 1.96. The molecule has 0 aromatic heterocycles. The van der Waals surface area contributed by atoms with Gasteiger partial charge < -0.3 is 14.7 Å². The number of carbonyl (C=O) groups excluding carboxylic acids is 1. The second-order valence-electron chi connectivity index (χ2n) is 6.63. The molecule has 0 radical (unpaired) electrons. The molecule has 0 spiro atoms. The zero-order valence-electron chi connectivity index (χ0n) is 14.9. The van der Waals surface area contributed by atoms with Gasteiger partial charge in [0, 0.05) is 27.2 Å². The molecule has 1 amide bonds. The average Bonchev–Trinajstić information content (AvgIpc) is 2.70. The molecule has 3 rings (SSSR count). The van der Waals surface area contributed by atoms with Crippen molar-refractivity contribution in [2.75, 3.05) is 4.90 Å². The van der Waals surface area contributed by atoms with Gasteiger partial charge in [-0.1, -0.05) is 41.4 Å². The molecule has 1 heterocycles. The number of carboxylic acids is 1. The van der Waals surface area contributed by atoms with Crippen molar-refractivity contribution < 1.29 is 19.4 Å². The third kappa shape index (κ3) is 3.95. The topological polar surface area (TPSA) is 66.8 Å². The Kier molecular flexibility index (Phi) is 5.75. The van der Waals surface area contributed by atoms with Crippen LogP contribution in [0.2, 0.25) is 10.0 Å². The van der Waals surface area contributed by atoms with Gasteiger partial charge in [0.1, 0.15) is 12.2 Å². The lowest BCUT2D eigenvalue weighted by molar-refractivity contribution is -0.147. The number of aliphatic carboxylic acids is 1. The summed E-state index contributed by atoms with van der Waals surface area (Å²) < 4.78 is 6.05. The van der Waals surface area contributed by atoms with Crippen LogP contribution >= 0.6 is 23.2 Å². The lowest BCUT2D eigenvalue weighted by Crippen LogP contribution is -2.44. The maximum Gasteiger partial charge on any atom is 0.306 e. The molecule has 2 aromatic carbocycles. The van der Waals surface area contributed by atoms with Crippen molar-refractivity contribution in [1.29, 1.82) is 0 Å². The smallest absolute Gasteiger partial charge is 0.306 e. The molecule has 0 aliphatic carbocycles. The lowest BCUT2D eigenvalue weighted by atomic mass is 9.99. The van der Waals surface area contributed by atoms with E-state index in [1.165, 1.54) is 0 Å². The summed E-state index contributed by atoms with van der Waals surface area (Å²) in [6.07, 6.45) is -2.30. The number of carbonyl (C=O) groups is 2. The van der Waals surface area contributed by atoms with Crippen molar-refractivity contribution in [2.45, 2.75) is 38.5 Å². The van der Waals surface area contributed by atoms with Crippen LogP contribution in [0.15, 0.2) is 42.5 Å². The maximum absolute atomic E-state index is 13.1. The molecule has 2 aromatic rings. The number of ether oxygens (including phenoxy) is 1. The zero-order valence-corrected chi connectivity index (χ0v) is 16.4. The van der Waals surface area contributed by atoms with Crippen LogP contribution in [0.3, 0.4) is 0 Å². The number of nitrogens with zero attached hydrogens (tertiary/aromatic N) is 1. The van der Waals surface area contributed by atoms with E-state index in [1.807, 2.05) is 19.9 Å². The van der Waals surface area contributed by atoms with Gasteiger partial charge in [-0.3, -0.25) is 9.59 Å². The Hall–Kier alpha value is -2.08. The van der Waals surface area contributed by atoms with Crippen molar-refractivity contribution in [1.82, 2.24) is 0 Å². The van der Waals surface area contributed by atoms with E-state index in [0.29, 0.717) is 26.9 Å². The number of carboxylic acid groups (broad SMARTS) is 1. The predicted molar refractivity (Wildman–Crippen MR) is 104 cm³/mol. The third-order valence-electron chi connectivity index (χ3n) is 4.41. The molecule has 1 aliphatic rings. The molecule has 142 valence electrons. The Labute approximate surface area is 167 Å². The summed E-state index contributed by atoms with van der Waals surface area (Å²) in [6, 6.07) is 12.1. The first kappa shape index (κ1) is 19.7. The SMILES string of the molecule is CC(C)N1C(=O)[C@@H](CC(=O)O)O[C@H](c2ccccc2Cl)c2cc(Cl)ccc21. The first-order valence-corrected chi connectivity index (χ1v) is 9.29. The fourth-order valence-corrected chi connectivity index (χ4v) is 3.69. The number of hydrogen-bond donors (Lipinski definition) is 1. The van der Waals surface area contributed by atoms with Crippen molar-refractivity contribution in [2.24, 2.45) is 0 Å². The summed E-state index contributed by atoms with van der Waals surface area (Å²) in [7, 11) is 0. The zero-order chi connectivity index (χ0) is 19.7. The number of benzene rings is 2. The van der Waals surface area contributed by atoms with Gasteiger partial charge in [0.25, 0.3) is 5.91 Å². The molecule has 5 nitrogen and oxygen atoms in total. The highest BCUT2D eigenvalue weighted by atomic mass is 35.5. The molecular formula is C20H19Cl2NO4. The third-order valence-corrected chi connectivity index (χ3v) is 4.99. The van der Waals surface area contributed by atoms with E-state index in [9.17, 15) is 14.7 Å². The van der Waals surface area contributed by atoms with Gasteiger partial charge in [0.05, 0.1) is 12.1 Å². The van der Waals surface area contributed by atoms with Gasteiger partial charge in [0.2, 0.25) is 0 Å². The standard InChI is InChI=1S/C20H19Cl2NO4/c1-11(2)23-16-8-7-12(21)9-14(16)19(13-5-3-4-6-15(13)22)27-17(20(23)26)10-18(24)25/h3-9,11,17,19H,10H2,1-2H3,(H,24,25)/t17-,19-/m1/s1. The molecule has 27 heavy (non-hydrogen) atoms. The van der Waals surface area contributed by atoms with E-state index >= 15 is 0 Å². The molecule has 0 bridgehead atoms. The lowest BCUT2D eigenvalue weighted by Gasteiger charge is -2.28. The number of rotatable bonds is 4. The molecule has 2 atom stereocenters. The predicted octanol–water partition coefficient (Wildman–Crippen LogP) is 4.70. The van der Waals surface area contributed by atoms with Gasteiger partial charge in [-0.15, -0.1) is 0 Å². The van der Waals surface area contributed by atoms with E-state index in [1.54, 1.807) is 41.3 Å². The molecular weight excluding hydrogens is 389 g/mol. The summed E-state index contributed by atoms with van der Waals surface area (Å²) in [6.45, 7) is 3.73. The Balaban J connectivity index is 2.23. The highest BCUT2D eigenvalue weighted by Crippen LogP contribution is 2.42. The molecule has 0 saturated heterocycles. The normalized spacial score (nSPS) is 19.7. The van der Waals surface area contributed by atoms with Gasteiger partial charge in [0.15, 0.2) is 0 Å². The second kappa shape index (κ2) is 7.89. The van der Waals surface area contributed by atoms with Crippen LogP contribution in [-0.4, -0.2) is 29.1 Å². The van der Waals surface area contributed by atoms with E-state index in [4.69, 9.17) is 27.9 Å². The first-order chi connectivity index (χ1) is 12.8. The summed E-state index contributed by atoms with van der Waals surface area (Å²) >= 11 is 12.6. The molecule has 7 heteroatoms. The van der Waals surface area contributed by atoms with Crippen LogP contribution in [0.1, 0.15) is 37.5 Å². The van der Waals surface area contributed by atoms with Crippen LogP contribution < -0.4 is 4.90 Å². The Morgan fingerprint density at radius 2 is 1.89 bits per heavy atom. The monoisotopic (exact) mass is 407 g/mol. The van der Waals surface area contributed by atoms with Crippen molar-refractivity contribution in [3.63, 3.8) is 0 Å². The molecule has 1 N–H and O–H groups in total. The number of anilines is 1. The second-order valence-corrected chi connectivity index (χ2v) is 7.47. The number of fused-ring (bicyclic) bond motifs is 1. The molecule has 0 unspecified atom stereocenters. The number of hydrogen-bond acceptors (Lipinski definition) is 3. The van der Waals surface area contributed by atoms with E-state index in [-0.39, 0.29) is 6.04 Å². The van der Waals surface area contributed by atoms with Crippen molar-refractivity contribution in [3.8, 4) is 0 Å². The largest absolute Gasteiger partial charge is 0.481 e. The quantitative estimate of drug-likeness (QED) is 0.797. The first-order valence-electron chi connectivity index (χ1n) is 8.53. The fourth-order valence-electron chi connectivity index (χ4n) is 3.28. The van der Waals surface area contributed by atoms with E-state index < -0.39 is 30.5 Å². The summed E-state index contributed by atoms with van der Waals surface area (Å²) in [5.74, 6) is -1.51. The molecule has 0 saturated carbocycles. The van der Waals surface area contributed by atoms with E-state index in [0.717, 1.165) is 0 Å². The minimum atomic E-state index is -1.14. The van der Waals surface area contributed by atoms with Crippen LogP contribution in [-0.2, 0) is 14.3 Å². The van der Waals surface area contributed by atoms with Gasteiger partial charge in [-0.25, -0.2) is 0 Å². The average molecular weight is 408 g/mol. The summed E-state index contributed by atoms with van der Waals surface area (Å²) in [4.78, 5) is 26.0. The molecule has 1 aliphatic heterocycles. The van der Waals surface area contributed by atoms with Crippen LogP contribution in [0.5, 0.6) is 0 Å². The highest BCUT2D eigenvalue weighted by molar-refractivity contribution is 6.31. The van der Waals surface area contributed by atoms with Crippen molar-refractivity contribution >= 4 is 40.8 Å². The highest BCUT2D eigenvalue weighted by Gasteiger charge is 2.39. The number of amides is 1. The van der Waals surface area contributed by atoms with Crippen LogP contribution in [0.4, 0.5) is 5.69 Å². The van der Waals surface area contributed by atoms with E-state index in [2.05, 4.69) is 0 Å². The van der Waals surface area contributed by atoms with Gasteiger partial charge in [-0.05, 0) is 38.1 Å². The van der Waals surface area contributed by atoms with Crippen molar-refractivity contribution in [3.05, 3.63) is 63.6 Å². The Morgan fingerprint density at radius 1 is 1.19 bits per heavy atom. The van der Waals surface area contributed by atoms with Gasteiger partial charge >= 0.3 is 5.97 Å². The minimum absolute atomic E-state index is 0.192. The molecule has 0 fully saturated rings. The fraction of sp³-hybridized carbons (Fsp3) is 0.300. The summed E-state index contributed by atoms with van der Waals surface area (Å²) in [5, 5.41) is 10.2. The Bertz CT molecular complexity index is 884. The van der Waals surface area contributed by atoms with Crippen LogP contribution in [0.25, 0.3) is 0 Å². The number of halogens is 2.